The zero-order valence-electron chi connectivity index (χ0n) is 9.75. The van der Waals surface area contributed by atoms with Crippen molar-refractivity contribution in [3.8, 4) is 18.0 Å². The Kier molecular flexibility index (Phi) is 2.79. The van der Waals surface area contributed by atoms with Gasteiger partial charge in [0, 0.05) is 0 Å². The zero-order valence-corrected chi connectivity index (χ0v) is 9.75. The van der Waals surface area contributed by atoms with E-state index in [0.717, 1.165) is 5.69 Å². The Hall–Kier alpha value is -2.35. The highest BCUT2D eigenvalue weighted by Crippen LogP contribution is 2.14. The van der Waals surface area contributed by atoms with Gasteiger partial charge in [-0.2, -0.15) is 4.68 Å². The van der Waals surface area contributed by atoms with E-state index in [1.807, 2.05) is 44.2 Å². The number of tetrazole rings is 1. The Labute approximate surface area is 99.8 Å². The first-order valence-corrected chi connectivity index (χ1v) is 5.22. The van der Waals surface area contributed by atoms with Crippen LogP contribution in [0.4, 0.5) is 5.95 Å². The van der Waals surface area contributed by atoms with Gasteiger partial charge in [-0.05, 0) is 36.4 Å². The van der Waals surface area contributed by atoms with E-state index in [-0.39, 0.29) is 0 Å². The van der Waals surface area contributed by atoms with Crippen LogP contribution in [0.1, 0.15) is 13.8 Å². The molecule has 0 amide bonds. The number of aromatic nitrogens is 4. The van der Waals surface area contributed by atoms with E-state index >= 15 is 0 Å². The molecular formula is C12H13N5. The molecule has 86 valence electrons. The van der Waals surface area contributed by atoms with E-state index < -0.39 is 5.54 Å². The number of nitrogens with one attached hydrogen (secondary N) is 1. The molecule has 2 aromatic rings. The third-order valence-electron chi connectivity index (χ3n) is 2.26. The molecule has 0 saturated heterocycles. The summed E-state index contributed by atoms with van der Waals surface area (Å²) in [6, 6.07) is 9.63. The molecule has 5 nitrogen and oxygen atoms in total. The highest BCUT2D eigenvalue weighted by Gasteiger charge is 2.18. The Morgan fingerprint density at radius 3 is 2.65 bits per heavy atom. The summed E-state index contributed by atoms with van der Waals surface area (Å²) in [7, 11) is 0. The maximum Gasteiger partial charge on any atom is 0.248 e. The van der Waals surface area contributed by atoms with Gasteiger partial charge in [0.05, 0.1) is 11.2 Å². The molecule has 1 N–H and O–H groups in total. The predicted molar refractivity (Wildman–Crippen MR) is 65.7 cm³/mol. The normalized spacial score (nSPS) is 10.9. The molecule has 2 rings (SSSR count). The van der Waals surface area contributed by atoms with Gasteiger partial charge < -0.3 is 5.32 Å². The lowest BCUT2D eigenvalue weighted by Gasteiger charge is -2.19. The largest absolute Gasteiger partial charge is 0.337 e. The van der Waals surface area contributed by atoms with Crippen molar-refractivity contribution in [2.24, 2.45) is 0 Å². The third kappa shape index (κ3) is 2.42. The van der Waals surface area contributed by atoms with Crippen molar-refractivity contribution < 1.29 is 0 Å². The summed E-state index contributed by atoms with van der Waals surface area (Å²) in [6.07, 6.45) is 5.42. The van der Waals surface area contributed by atoms with Crippen LogP contribution >= 0.6 is 0 Å². The van der Waals surface area contributed by atoms with Crippen molar-refractivity contribution in [3.05, 3.63) is 30.3 Å². The highest BCUT2D eigenvalue weighted by atomic mass is 15.6. The molecule has 1 heterocycles. The fraction of sp³-hybridized carbons (Fsp3) is 0.250. The van der Waals surface area contributed by atoms with Crippen molar-refractivity contribution >= 4 is 5.95 Å². The quantitative estimate of drug-likeness (QED) is 0.807. The molecule has 0 spiro atoms. The lowest BCUT2D eigenvalue weighted by atomic mass is 10.1. The molecule has 0 bridgehead atoms. The van der Waals surface area contributed by atoms with Crippen LogP contribution in [0.2, 0.25) is 0 Å². The minimum Gasteiger partial charge on any atom is -0.337 e. The monoisotopic (exact) mass is 227 g/mol. The van der Waals surface area contributed by atoms with E-state index in [4.69, 9.17) is 6.42 Å². The number of rotatable bonds is 3. The topological polar surface area (TPSA) is 55.6 Å². The highest BCUT2D eigenvalue weighted by molar-refractivity contribution is 5.41. The maximum absolute atomic E-state index is 5.42. The average Bonchev–Trinajstić information content (AvgIpc) is 2.77. The fourth-order valence-electron chi connectivity index (χ4n) is 1.32. The Balaban J connectivity index is 2.34. The smallest absolute Gasteiger partial charge is 0.248 e. The summed E-state index contributed by atoms with van der Waals surface area (Å²) < 4.78 is 1.61. The summed E-state index contributed by atoms with van der Waals surface area (Å²) >= 11 is 0. The number of benzene rings is 1. The van der Waals surface area contributed by atoms with Gasteiger partial charge in [-0.25, -0.2) is 0 Å². The maximum atomic E-state index is 5.42. The van der Waals surface area contributed by atoms with Crippen LogP contribution in [-0.4, -0.2) is 25.7 Å². The molecule has 0 fully saturated rings. The molecule has 0 unspecified atom stereocenters. The van der Waals surface area contributed by atoms with Gasteiger partial charge in [-0.3, -0.25) is 0 Å². The van der Waals surface area contributed by atoms with Crippen molar-refractivity contribution in [3.63, 3.8) is 0 Å². The van der Waals surface area contributed by atoms with Crippen LogP contribution in [0.25, 0.3) is 5.69 Å². The Morgan fingerprint density at radius 2 is 2.00 bits per heavy atom. The van der Waals surface area contributed by atoms with Crippen LogP contribution in [0.3, 0.4) is 0 Å². The van der Waals surface area contributed by atoms with Gasteiger partial charge in [-0.1, -0.05) is 29.2 Å². The first-order chi connectivity index (χ1) is 8.12. The predicted octanol–water partition coefficient (Wildman–Crippen LogP) is 1.49. The van der Waals surface area contributed by atoms with Crippen molar-refractivity contribution in [2.45, 2.75) is 19.4 Å². The molecule has 0 aliphatic carbocycles. The van der Waals surface area contributed by atoms with E-state index in [9.17, 15) is 0 Å². The van der Waals surface area contributed by atoms with E-state index in [2.05, 4.69) is 26.8 Å². The minimum atomic E-state index is -0.499. The number of hydrogen-bond donors (Lipinski definition) is 1. The van der Waals surface area contributed by atoms with Gasteiger partial charge in [0.2, 0.25) is 5.95 Å². The molecule has 0 radical (unpaired) electrons. The van der Waals surface area contributed by atoms with Crippen molar-refractivity contribution in [1.82, 2.24) is 20.2 Å². The number of hydrogen-bond acceptors (Lipinski definition) is 4. The molecule has 17 heavy (non-hydrogen) atoms. The number of nitrogens with zero attached hydrogens (tertiary/aromatic N) is 4. The van der Waals surface area contributed by atoms with Gasteiger partial charge in [-0.15, -0.1) is 6.42 Å². The Morgan fingerprint density at radius 1 is 1.29 bits per heavy atom. The fourth-order valence-corrected chi connectivity index (χ4v) is 1.32. The lowest BCUT2D eigenvalue weighted by molar-refractivity contribution is 0.716. The number of anilines is 1. The molecule has 0 saturated carbocycles. The van der Waals surface area contributed by atoms with Crippen LogP contribution < -0.4 is 5.32 Å². The second kappa shape index (κ2) is 4.26. The van der Waals surface area contributed by atoms with Gasteiger partial charge in [0.1, 0.15) is 0 Å². The van der Waals surface area contributed by atoms with Crippen LogP contribution in [0.5, 0.6) is 0 Å². The molecule has 0 atom stereocenters. The van der Waals surface area contributed by atoms with Crippen LogP contribution in [-0.2, 0) is 0 Å². The summed E-state index contributed by atoms with van der Waals surface area (Å²) in [6.45, 7) is 3.77. The zero-order chi connectivity index (χ0) is 12.3. The SMILES string of the molecule is C#CC(C)(C)Nc1nnnn1-c1ccccc1. The average molecular weight is 227 g/mol. The van der Waals surface area contributed by atoms with Crippen LogP contribution in [0.15, 0.2) is 30.3 Å². The minimum absolute atomic E-state index is 0.499. The van der Waals surface area contributed by atoms with E-state index in [1.54, 1.807) is 4.68 Å². The van der Waals surface area contributed by atoms with Gasteiger partial charge >= 0.3 is 0 Å². The van der Waals surface area contributed by atoms with E-state index in [0.29, 0.717) is 5.95 Å². The molecule has 5 heteroatoms. The van der Waals surface area contributed by atoms with Crippen molar-refractivity contribution in [2.75, 3.05) is 5.32 Å². The second-order valence-corrected chi connectivity index (χ2v) is 4.14. The second-order valence-electron chi connectivity index (χ2n) is 4.14. The summed E-state index contributed by atoms with van der Waals surface area (Å²) in [5, 5.41) is 14.6. The molecule has 1 aromatic heterocycles. The number of terminal acetylenes is 1. The van der Waals surface area contributed by atoms with E-state index in [1.165, 1.54) is 0 Å². The van der Waals surface area contributed by atoms with Crippen LogP contribution in [0, 0.1) is 12.3 Å². The standard InChI is InChI=1S/C12H13N5/c1-4-12(2,3)13-11-14-15-16-17(11)10-8-6-5-7-9-10/h1,5-9H,2-3H3,(H,13,14,16). The molecule has 0 aliphatic heterocycles. The lowest BCUT2D eigenvalue weighted by Crippen LogP contribution is -2.30. The summed E-state index contributed by atoms with van der Waals surface area (Å²) in [5.74, 6) is 3.17. The van der Waals surface area contributed by atoms with Crippen molar-refractivity contribution in [1.29, 1.82) is 0 Å². The van der Waals surface area contributed by atoms with Gasteiger partial charge in [0.15, 0.2) is 0 Å². The van der Waals surface area contributed by atoms with Gasteiger partial charge in [0.25, 0.3) is 0 Å². The molecule has 0 aliphatic rings. The third-order valence-corrected chi connectivity index (χ3v) is 2.26. The Bertz CT molecular complexity index is 536. The summed E-state index contributed by atoms with van der Waals surface area (Å²) in [4.78, 5) is 0. The molecule has 1 aromatic carbocycles. The summed E-state index contributed by atoms with van der Waals surface area (Å²) in [5.41, 5.74) is 0.383. The first kappa shape index (κ1) is 11.1. The molecular weight excluding hydrogens is 214 g/mol. The number of para-hydroxylation sites is 1. The first-order valence-electron chi connectivity index (χ1n) is 5.22.